The molecule has 0 aromatic rings. The minimum Gasteiger partial charge on any atom is -0.465 e. The van der Waals surface area contributed by atoms with Crippen molar-refractivity contribution in [2.24, 2.45) is 5.41 Å². The Balaban J connectivity index is 2.96. The predicted octanol–water partition coefficient (Wildman–Crippen LogP) is 5.04. The van der Waals surface area contributed by atoms with E-state index < -0.39 is 25.4 Å². The molecule has 0 aliphatic heterocycles. The number of ether oxygens (including phenoxy) is 2. The molecule has 4 nitrogen and oxygen atoms in total. The zero-order valence-electron chi connectivity index (χ0n) is 18.0. The van der Waals surface area contributed by atoms with Gasteiger partial charge in [-0.25, -0.2) is 0 Å². The maximum Gasteiger partial charge on any atom is 0.323 e. The zero-order valence-corrected chi connectivity index (χ0v) is 19.0. The molecular weight excluding hydrogens is 356 g/mol. The van der Waals surface area contributed by atoms with Gasteiger partial charge in [-0.1, -0.05) is 30.8 Å². The van der Waals surface area contributed by atoms with Crippen LogP contribution in [0, 0.1) is 16.9 Å². The molecule has 0 N–H and O–H groups in total. The van der Waals surface area contributed by atoms with Gasteiger partial charge in [-0.2, -0.15) is 0 Å². The molecule has 152 valence electrons. The molecule has 0 saturated heterocycles. The fraction of sp³-hybridized carbons (Fsp3) is 0.727. The van der Waals surface area contributed by atoms with E-state index in [4.69, 9.17) is 9.47 Å². The number of hydrogen-bond donors (Lipinski definition) is 0. The van der Waals surface area contributed by atoms with Crippen molar-refractivity contribution in [3.05, 3.63) is 11.1 Å². The summed E-state index contributed by atoms with van der Waals surface area (Å²) in [5.41, 5.74) is 4.87. The van der Waals surface area contributed by atoms with E-state index in [0.717, 1.165) is 19.3 Å². The largest absolute Gasteiger partial charge is 0.465 e. The van der Waals surface area contributed by atoms with Crippen molar-refractivity contribution in [3.63, 3.8) is 0 Å². The third-order valence-electron chi connectivity index (χ3n) is 4.73. The summed E-state index contributed by atoms with van der Waals surface area (Å²) in [6, 6.07) is 0. The molecule has 27 heavy (non-hydrogen) atoms. The molecule has 0 bridgehead atoms. The Bertz CT molecular complexity index is 592. The van der Waals surface area contributed by atoms with Gasteiger partial charge in [0.25, 0.3) is 0 Å². The average Bonchev–Trinajstić information content (AvgIpc) is 3.41. The van der Waals surface area contributed by atoms with Crippen LogP contribution < -0.4 is 0 Å². The molecule has 0 heterocycles. The minimum atomic E-state index is -1.41. The molecule has 1 fully saturated rings. The van der Waals surface area contributed by atoms with Crippen molar-refractivity contribution in [1.82, 2.24) is 0 Å². The van der Waals surface area contributed by atoms with Crippen LogP contribution in [0.25, 0.3) is 0 Å². The van der Waals surface area contributed by atoms with Crippen molar-refractivity contribution >= 4 is 20.0 Å². The van der Waals surface area contributed by atoms with E-state index in [9.17, 15) is 9.59 Å². The van der Waals surface area contributed by atoms with Crippen LogP contribution in [0.5, 0.6) is 0 Å². The van der Waals surface area contributed by atoms with Gasteiger partial charge in [-0.15, -0.1) is 11.5 Å². The third kappa shape index (κ3) is 7.92. The lowest BCUT2D eigenvalue weighted by Crippen LogP contribution is -2.42. The van der Waals surface area contributed by atoms with Gasteiger partial charge in [-0.05, 0) is 59.3 Å². The van der Waals surface area contributed by atoms with Crippen LogP contribution in [0.3, 0.4) is 0 Å². The van der Waals surface area contributed by atoms with Gasteiger partial charge in [-0.3, -0.25) is 9.59 Å². The van der Waals surface area contributed by atoms with Crippen LogP contribution in [-0.4, -0.2) is 33.2 Å². The Kier molecular flexibility index (Phi) is 9.31. The van der Waals surface area contributed by atoms with Gasteiger partial charge < -0.3 is 9.47 Å². The van der Waals surface area contributed by atoms with Crippen molar-refractivity contribution in [2.45, 2.75) is 85.4 Å². The first kappa shape index (κ1) is 23.5. The quantitative estimate of drug-likeness (QED) is 0.130. The second-order valence-corrected chi connectivity index (χ2v) is 13.1. The first-order valence-corrected chi connectivity index (χ1v) is 13.7. The number of carbonyl (C=O) groups is 2. The van der Waals surface area contributed by atoms with Crippen molar-refractivity contribution in [1.29, 1.82) is 0 Å². The molecule has 1 aliphatic rings. The van der Waals surface area contributed by atoms with Crippen LogP contribution in [0.4, 0.5) is 0 Å². The van der Waals surface area contributed by atoms with E-state index >= 15 is 0 Å². The maximum absolute atomic E-state index is 12.8. The van der Waals surface area contributed by atoms with Crippen LogP contribution in [0.1, 0.15) is 65.7 Å². The Morgan fingerprint density at radius 2 is 1.59 bits per heavy atom. The second-order valence-electron chi connectivity index (χ2n) is 8.31. The van der Waals surface area contributed by atoms with Gasteiger partial charge in [0.2, 0.25) is 0 Å². The summed E-state index contributed by atoms with van der Waals surface area (Å²) in [5, 5.41) is 0. The summed E-state index contributed by atoms with van der Waals surface area (Å²) in [5.74, 6) is 2.33. The lowest BCUT2D eigenvalue weighted by molar-refractivity contribution is -0.173. The number of carbonyl (C=O) groups excluding carboxylic acids is 2. The Labute approximate surface area is 166 Å². The van der Waals surface area contributed by atoms with Crippen LogP contribution in [0.15, 0.2) is 11.1 Å². The maximum atomic E-state index is 12.8. The molecule has 1 rings (SSSR count). The molecule has 0 spiro atoms. The number of hydrogen-bond acceptors (Lipinski definition) is 4. The van der Waals surface area contributed by atoms with Gasteiger partial charge in [0.15, 0.2) is 5.41 Å². The molecule has 5 heteroatoms. The number of rotatable bonds is 10. The summed E-state index contributed by atoms with van der Waals surface area (Å²) < 4.78 is 10.6. The van der Waals surface area contributed by atoms with E-state index in [1.807, 2.05) is 0 Å². The summed E-state index contributed by atoms with van der Waals surface area (Å²) in [6.45, 7) is 12.8. The average molecular weight is 393 g/mol. The van der Waals surface area contributed by atoms with Gasteiger partial charge in [0.1, 0.15) is 8.07 Å². The lowest BCUT2D eigenvalue weighted by atomic mass is 9.77. The lowest BCUT2D eigenvalue weighted by Gasteiger charge is -2.29. The summed E-state index contributed by atoms with van der Waals surface area (Å²) in [4.78, 5) is 25.7. The monoisotopic (exact) mass is 392 g/mol. The van der Waals surface area contributed by atoms with E-state index in [0.29, 0.717) is 25.7 Å². The topological polar surface area (TPSA) is 52.6 Å². The predicted molar refractivity (Wildman–Crippen MR) is 112 cm³/mol. The van der Waals surface area contributed by atoms with E-state index in [1.54, 1.807) is 13.8 Å². The minimum absolute atomic E-state index is 0.259. The second kappa shape index (κ2) is 10.7. The van der Waals surface area contributed by atoms with Crippen LogP contribution in [0.2, 0.25) is 19.6 Å². The van der Waals surface area contributed by atoms with E-state index in [-0.39, 0.29) is 13.2 Å². The summed E-state index contributed by atoms with van der Waals surface area (Å²) in [6.07, 6.45) is 5.26. The zero-order chi connectivity index (χ0) is 20.5. The van der Waals surface area contributed by atoms with Gasteiger partial charge >= 0.3 is 11.9 Å². The van der Waals surface area contributed by atoms with Crippen molar-refractivity contribution < 1.29 is 19.1 Å². The van der Waals surface area contributed by atoms with Gasteiger partial charge in [0.05, 0.1) is 13.2 Å². The van der Waals surface area contributed by atoms with Crippen molar-refractivity contribution in [2.75, 3.05) is 13.2 Å². The van der Waals surface area contributed by atoms with Crippen LogP contribution in [-0.2, 0) is 19.1 Å². The molecule has 0 atom stereocenters. The highest BCUT2D eigenvalue weighted by Gasteiger charge is 2.48. The summed E-state index contributed by atoms with van der Waals surface area (Å²) in [7, 11) is -1.41. The molecule has 0 aromatic heterocycles. The van der Waals surface area contributed by atoms with Gasteiger partial charge in [0, 0.05) is 6.42 Å². The molecule has 1 aliphatic carbocycles. The molecule has 1 saturated carbocycles. The highest BCUT2D eigenvalue weighted by Crippen LogP contribution is 2.39. The van der Waals surface area contributed by atoms with E-state index in [1.165, 1.54) is 11.1 Å². The first-order valence-electron chi connectivity index (χ1n) is 10.2. The standard InChI is InChI=1S/C22H36O4Si/c1-7-25-20(23)22(21(24)26-8-2,16-14-18(3)19-12-13-19)15-10-9-11-17-27(4,5)6/h7-10,12-16H2,1-6H3. The highest BCUT2D eigenvalue weighted by molar-refractivity contribution is 6.83. The SMILES string of the molecule is CCOC(=O)C(CCCC#C[Si](C)(C)C)(CCC(C)=C1CC1)C(=O)OCC. The first-order chi connectivity index (χ1) is 12.7. The van der Waals surface area contributed by atoms with Crippen molar-refractivity contribution in [3.8, 4) is 11.5 Å². The Hall–Kier alpha value is -1.54. The third-order valence-corrected chi connectivity index (χ3v) is 5.66. The molecular formula is C22H36O4Si. The molecule has 0 amide bonds. The smallest absolute Gasteiger partial charge is 0.323 e. The number of esters is 2. The number of allylic oxidation sites excluding steroid dienone is 2. The Morgan fingerprint density at radius 3 is 2.04 bits per heavy atom. The summed E-state index contributed by atoms with van der Waals surface area (Å²) >= 11 is 0. The molecule has 0 radical (unpaired) electrons. The molecule has 0 unspecified atom stereocenters. The van der Waals surface area contributed by atoms with E-state index in [2.05, 4.69) is 38.0 Å². The fourth-order valence-corrected chi connectivity index (χ4v) is 3.68. The van der Waals surface area contributed by atoms with Crippen LogP contribution >= 0.6 is 0 Å². The number of unbranched alkanes of at least 4 members (excludes halogenated alkanes) is 1. The molecule has 0 aromatic carbocycles. The fourth-order valence-electron chi connectivity index (χ4n) is 3.03. The normalized spacial score (nSPS) is 13.5. The highest BCUT2D eigenvalue weighted by atomic mass is 28.3. The Morgan fingerprint density at radius 1 is 1.04 bits per heavy atom.